The molecule has 23 heavy (non-hydrogen) atoms. The molecule has 2 N–H and O–H groups in total. The third kappa shape index (κ3) is 5.42. The number of carbonyl (C=O) groups is 1. The van der Waals surface area contributed by atoms with E-state index in [0.29, 0.717) is 19.5 Å². The largest absolute Gasteiger partial charge is 0.370 e. The van der Waals surface area contributed by atoms with Crippen LogP contribution in [0, 0.1) is 6.92 Å². The molecule has 6 nitrogen and oxygen atoms in total. The molecule has 0 spiro atoms. The molecular formula is C16H25N3O3S. The normalized spacial score (nSPS) is 19.3. The van der Waals surface area contributed by atoms with E-state index in [1.165, 1.54) is 5.56 Å². The summed E-state index contributed by atoms with van der Waals surface area (Å²) in [7, 11) is -2.97. The minimum atomic E-state index is -2.97. The van der Waals surface area contributed by atoms with Crippen LogP contribution in [0.4, 0.5) is 10.5 Å². The van der Waals surface area contributed by atoms with E-state index < -0.39 is 9.84 Å². The van der Waals surface area contributed by atoms with E-state index in [2.05, 4.69) is 47.6 Å². The van der Waals surface area contributed by atoms with Crippen molar-refractivity contribution >= 4 is 21.6 Å². The molecule has 0 saturated carbocycles. The third-order valence-electron chi connectivity index (χ3n) is 3.98. The van der Waals surface area contributed by atoms with Crippen LogP contribution in [0.15, 0.2) is 24.3 Å². The fourth-order valence-corrected chi connectivity index (χ4v) is 4.42. The number of carbonyl (C=O) groups excluding carboxylic acids is 1. The molecule has 0 aliphatic carbocycles. The molecule has 0 bridgehead atoms. The molecule has 0 unspecified atom stereocenters. The fourth-order valence-electron chi connectivity index (χ4n) is 2.74. The van der Waals surface area contributed by atoms with E-state index in [0.717, 1.165) is 12.2 Å². The van der Waals surface area contributed by atoms with Crippen molar-refractivity contribution in [3.8, 4) is 0 Å². The van der Waals surface area contributed by atoms with Crippen LogP contribution in [0.2, 0.25) is 0 Å². The quantitative estimate of drug-likeness (QED) is 0.819. The number of aryl methyl sites for hydroxylation is 1. The topological polar surface area (TPSA) is 78.5 Å². The molecule has 1 aliphatic rings. The highest BCUT2D eigenvalue weighted by atomic mass is 32.2. The zero-order valence-electron chi connectivity index (χ0n) is 13.7. The molecular weight excluding hydrogens is 314 g/mol. The molecule has 0 radical (unpaired) electrons. The number of hydrogen-bond donors (Lipinski definition) is 2. The van der Waals surface area contributed by atoms with Crippen molar-refractivity contribution in [2.75, 3.05) is 36.0 Å². The Morgan fingerprint density at radius 3 is 2.78 bits per heavy atom. The van der Waals surface area contributed by atoms with Crippen LogP contribution in [-0.4, -0.2) is 51.6 Å². The van der Waals surface area contributed by atoms with Gasteiger partial charge in [0.15, 0.2) is 9.84 Å². The zero-order valence-corrected chi connectivity index (χ0v) is 14.5. The highest BCUT2D eigenvalue weighted by molar-refractivity contribution is 7.91. The second kappa shape index (κ2) is 7.68. The van der Waals surface area contributed by atoms with Crippen molar-refractivity contribution in [2.45, 2.75) is 26.3 Å². The molecule has 2 rings (SSSR count). The van der Waals surface area contributed by atoms with Gasteiger partial charge in [0.1, 0.15) is 0 Å². The van der Waals surface area contributed by atoms with Crippen molar-refractivity contribution in [2.24, 2.45) is 0 Å². The maximum Gasteiger partial charge on any atom is 0.315 e. The lowest BCUT2D eigenvalue weighted by molar-refractivity contribution is 0.238. The highest BCUT2D eigenvalue weighted by Gasteiger charge is 2.28. The summed E-state index contributed by atoms with van der Waals surface area (Å²) in [5.74, 6) is 0.208. The van der Waals surface area contributed by atoms with Crippen molar-refractivity contribution < 1.29 is 13.2 Å². The van der Waals surface area contributed by atoms with Crippen LogP contribution in [-0.2, 0) is 9.84 Å². The Hall–Kier alpha value is -1.76. The fraction of sp³-hybridized carbons (Fsp3) is 0.562. The predicted molar refractivity (Wildman–Crippen MR) is 92.7 cm³/mol. The molecule has 1 aromatic carbocycles. The average Bonchev–Trinajstić information content (AvgIpc) is 2.82. The van der Waals surface area contributed by atoms with Crippen LogP contribution < -0.4 is 15.5 Å². The number of nitrogens with one attached hydrogen (secondary N) is 2. The summed E-state index contributed by atoms with van der Waals surface area (Å²) < 4.78 is 22.7. The molecule has 1 fully saturated rings. The molecule has 128 valence electrons. The predicted octanol–water partition coefficient (Wildman–Crippen LogP) is 1.31. The van der Waals surface area contributed by atoms with Gasteiger partial charge in [-0.2, -0.15) is 0 Å². The van der Waals surface area contributed by atoms with Crippen LogP contribution in [0.5, 0.6) is 0 Å². The number of sulfone groups is 1. The lowest BCUT2D eigenvalue weighted by Gasteiger charge is -2.24. The molecule has 1 saturated heterocycles. The van der Waals surface area contributed by atoms with Crippen molar-refractivity contribution in [3.05, 3.63) is 29.8 Å². The van der Waals surface area contributed by atoms with Crippen molar-refractivity contribution in [3.63, 3.8) is 0 Å². The van der Waals surface area contributed by atoms with E-state index in [9.17, 15) is 13.2 Å². The Balaban J connectivity index is 1.76. The van der Waals surface area contributed by atoms with Gasteiger partial charge in [-0.25, -0.2) is 13.2 Å². The number of amides is 2. The van der Waals surface area contributed by atoms with Gasteiger partial charge < -0.3 is 15.5 Å². The second-order valence-corrected chi connectivity index (χ2v) is 8.15. The van der Waals surface area contributed by atoms with Gasteiger partial charge in [0.05, 0.1) is 11.5 Å². The van der Waals surface area contributed by atoms with Gasteiger partial charge in [-0.3, -0.25) is 0 Å². The summed E-state index contributed by atoms with van der Waals surface area (Å²) >= 11 is 0. The maximum absolute atomic E-state index is 11.8. The van der Waals surface area contributed by atoms with Gasteiger partial charge in [-0.15, -0.1) is 0 Å². The Morgan fingerprint density at radius 2 is 2.17 bits per heavy atom. The number of hydrogen-bond acceptors (Lipinski definition) is 4. The van der Waals surface area contributed by atoms with Crippen LogP contribution in [0.1, 0.15) is 18.9 Å². The van der Waals surface area contributed by atoms with Gasteiger partial charge in [0.25, 0.3) is 0 Å². The molecule has 1 aliphatic heterocycles. The lowest BCUT2D eigenvalue weighted by Crippen LogP contribution is -2.45. The first kappa shape index (κ1) is 17.6. The highest BCUT2D eigenvalue weighted by Crippen LogP contribution is 2.15. The standard InChI is InChI=1S/C16H25N3O3S/c1-3-19(15-6-4-5-13(2)11-15)9-8-17-16(20)18-14-7-10-23(21,22)12-14/h4-6,11,14H,3,7-10,12H2,1-2H3,(H2,17,18,20)/t14-/m0/s1. The third-order valence-corrected chi connectivity index (χ3v) is 5.75. The van der Waals surface area contributed by atoms with Crippen molar-refractivity contribution in [1.82, 2.24) is 10.6 Å². The summed E-state index contributed by atoms with van der Waals surface area (Å²) in [5, 5.41) is 5.53. The monoisotopic (exact) mass is 339 g/mol. The molecule has 0 aromatic heterocycles. The Morgan fingerprint density at radius 1 is 1.39 bits per heavy atom. The summed E-state index contributed by atoms with van der Waals surface area (Å²) in [5.41, 5.74) is 2.34. The van der Waals surface area contributed by atoms with Crippen molar-refractivity contribution in [1.29, 1.82) is 0 Å². The van der Waals surface area contributed by atoms with E-state index in [1.807, 2.05) is 6.07 Å². The smallest absolute Gasteiger partial charge is 0.315 e. The second-order valence-electron chi connectivity index (χ2n) is 5.92. The van der Waals surface area contributed by atoms with Crippen LogP contribution >= 0.6 is 0 Å². The summed E-state index contributed by atoms with van der Waals surface area (Å²) in [4.78, 5) is 14.0. The average molecular weight is 339 g/mol. The van der Waals surface area contributed by atoms with E-state index >= 15 is 0 Å². The van der Waals surface area contributed by atoms with Gasteiger partial charge >= 0.3 is 6.03 Å². The molecule has 7 heteroatoms. The summed E-state index contributed by atoms with van der Waals surface area (Å²) in [6, 6.07) is 7.69. The van der Waals surface area contributed by atoms with Gasteiger partial charge in [0, 0.05) is 31.4 Å². The number of rotatable bonds is 6. The van der Waals surface area contributed by atoms with Crippen LogP contribution in [0.25, 0.3) is 0 Å². The molecule has 1 atom stereocenters. The SMILES string of the molecule is CCN(CCNC(=O)N[C@H]1CCS(=O)(=O)C1)c1cccc(C)c1. The van der Waals surface area contributed by atoms with E-state index in [1.54, 1.807) is 0 Å². The minimum Gasteiger partial charge on any atom is -0.370 e. The first-order valence-electron chi connectivity index (χ1n) is 7.96. The van der Waals surface area contributed by atoms with E-state index in [-0.39, 0.29) is 23.6 Å². The lowest BCUT2D eigenvalue weighted by atomic mass is 10.2. The number of likely N-dealkylation sites (N-methyl/N-ethyl adjacent to an activating group) is 1. The summed E-state index contributed by atoms with van der Waals surface area (Å²) in [6.45, 7) is 6.20. The van der Waals surface area contributed by atoms with E-state index in [4.69, 9.17) is 0 Å². The first-order chi connectivity index (χ1) is 10.9. The number of benzene rings is 1. The number of anilines is 1. The first-order valence-corrected chi connectivity index (χ1v) is 9.78. The minimum absolute atomic E-state index is 0.0464. The molecule has 2 amide bonds. The zero-order chi connectivity index (χ0) is 16.9. The number of nitrogens with zero attached hydrogens (tertiary/aromatic N) is 1. The Kier molecular flexibility index (Phi) is 5.87. The Labute approximate surface area is 138 Å². The van der Waals surface area contributed by atoms with Crippen LogP contribution in [0.3, 0.4) is 0 Å². The Bertz CT molecular complexity index is 646. The molecule has 1 heterocycles. The molecule has 1 aromatic rings. The van der Waals surface area contributed by atoms with Gasteiger partial charge in [-0.1, -0.05) is 12.1 Å². The maximum atomic E-state index is 11.8. The van der Waals surface area contributed by atoms with Gasteiger partial charge in [0.2, 0.25) is 0 Å². The van der Waals surface area contributed by atoms with Gasteiger partial charge in [-0.05, 0) is 38.0 Å². The summed E-state index contributed by atoms with van der Waals surface area (Å²) in [6.07, 6.45) is 0.500. The number of urea groups is 1.